The summed E-state index contributed by atoms with van der Waals surface area (Å²) in [6, 6.07) is 1.35. The molecule has 2 unspecified atom stereocenters. The van der Waals surface area contributed by atoms with Gasteiger partial charge < -0.3 is 4.74 Å². The van der Waals surface area contributed by atoms with Gasteiger partial charge in [-0.2, -0.15) is 29.5 Å². The molecule has 136 valence electrons. The van der Waals surface area contributed by atoms with E-state index in [0.29, 0.717) is 12.8 Å². The third-order valence-corrected chi connectivity index (χ3v) is 5.20. The molecule has 1 aliphatic rings. The van der Waals surface area contributed by atoms with Crippen LogP contribution in [0.4, 0.5) is 5.82 Å². The maximum atomic E-state index is 11.8. The van der Waals surface area contributed by atoms with Crippen molar-refractivity contribution in [1.82, 2.24) is 9.55 Å². The summed E-state index contributed by atoms with van der Waals surface area (Å²) in [6.07, 6.45) is 0.861. The van der Waals surface area contributed by atoms with Gasteiger partial charge in [0.25, 0.3) is 0 Å². The Morgan fingerprint density at radius 1 is 1.33 bits per heavy atom. The van der Waals surface area contributed by atoms with Crippen LogP contribution in [0.2, 0.25) is 0 Å². The van der Waals surface area contributed by atoms with Crippen LogP contribution in [0.3, 0.4) is 0 Å². The number of nitrogens with one attached hydrogen (secondary N) is 1. The summed E-state index contributed by atoms with van der Waals surface area (Å²) in [7, 11) is -9.50. The minimum atomic E-state index is -4.87. The number of aromatic nitrogens is 2. The molecule has 2 heterocycles. The van der Waals surface area contributed by atoms with Crippen LogP contribution in [0, 0.1) is 0 Å². The average Bonchev–Trinajstić information content (AvgIpc) is 2.91. The number of anilines is 1. The number of ether oxygens (including phenoxy) is 1. The standard InChI is InChI=1S/C9H16N3O10P2/c13-9-10-7(11-14)3-4-12(9)8-2-1-6(21-8)5-20-24(18,19)22-23(15,16)17/h3-4,6,8,15-19H,1-2,5H2,(H-,10,11,13,14)/q+1/p+1. The zero-order chi connectivity index (χ0) is 18.0. The minimum Gasteiger partial charge on any atom is -0.352 e. The van der Waals surface area contributed by atoms with Crippen molar-refractivity contribution in [3.8, 4) is 0 Å². The van der Waals surface area contributed by atoms with E-state index in [1.807, 2.05) is 0 Å². The Morgan fingerprint density at radius 3 is 2.62 bits per heavy atom. The zero-order valence-corrected chi connectivity index (χ0v) is 13.8. The van der Waals surface area contributed by atoms with Crippen molar-refractivity contribution >= 4 is 22.2 Å². The topological polar surface area (TPSA) is 196 Å². The third kappa shape index (κ3) is 5.62. The summed E-state index contributed by atoms with van der Waals surface area (Å²) >= 11 is 0. The Kier molecular flexibility index (Phi) is 6.18. The number of hydrogen-bond acceptors (Lipinski definition) is 12. The Morgan fingerprint density at radius 2 is 2.04 bits per heavy atom. The van der Waals surface area contributed by atoms with Gasteiger partial charge in [-0.3, -0.25) is 15.3 Å². The van der Waals surface area contributed by atoms with Crippen molar-refractivity contribution in [2.24, 2.45) is 0 Å². The van der Waals surface area contributed by atoms with Gasteiger partial charge in [0.15, 0.2) is 5.82 Å². The van der Waals surface area contributed by atoms with Crippen LogP contribution in [0.15, 0.2) is 17.1 Å². The molecule has 1 aromatic rings. The van der Waals surface area contributed by atoms with Crippen LogP contribution in [0.1, 0.15) is 19.1 Å². The fourth-order valence-corrected chi connectivity index (χ4v) is 3.75. The molecule has 24 heavy (non-hydrogen) atoms. The van der Waals surface area contributed by atoms with E-state index < -0.39 is 34.4 Å². The first-order chi connectivity index (χ1) is 11.1. The second kappa shape index (κ2) is 7.60. The quantitative estimate of drug-likeness (QED) is 0.224. The van der Waals surface area contributed by atoms with Crippen molar-refractivity contribution in [2.45, 2.75) is 25.2 Å². The van der Waals surface area contributed by atoms with Crippen molar-refractivity contribution in [2.75, 3.05) is 12.1 Å². The van der Waals surface area contributed by atoms with Crippen LogP contribution >= 0.6 is 16.3 Å². The molecule has 7 N–H and O–H groups in total. The Bertz CT molecular complexity index is 620. The van der Waals surface area contributed by atoms with Crippen LogP contribution in [0.5, 0.6) is 0 Å². The molecule has 2 rings (SSSR count). The molecule has 1 aliphatic heterocycles. The molecular formula is C9H17N3O10P2+2. The van der Waals surface area contributed by atoms with Gasteiger partial charge in [0.05, 0.1) is 10.4 Å². The van der Waals surface area contributed by atoms with E-state index in [2.05, 4.69) is 13.8 Å². The maximum Gasteiger partial charge on any atom is 0.620 e. The van der Waals surface area contributed by atoms with Gasteiger partial charge in [0.2, 0.25) is 0 Å². The highest BCUT2D eigenvalue weighted by Crippen LogP contribution is 2.67. The molecule has 0 aliphatic carbocycles. The van der Waals surface area contributed by atoms with E-state index in [0.717, 1.165) is 0 Å². The lowest BCUT2D eigenvalue weighted by molar-refractivity contribution is -0.0273. The molecule has 0 amide bonds. The van der Waals surface area contributed by atoms with Gasteiger partial charge in [-0.1, -0.05) is 0 Å². The molecule has 0 saturated carbocycles. The van der Waals surface area contributed by atoms with Gasteiger partial charge >= 0.3 is 22.0 Å². The normalized spacial score (nSPS) is 21.9. The lowest BCUT2D eigenvalue weighted by Gasteiger charge is -2.15. The third-order valence-electron chi connectivity index (χ3n) is 2.98. The Labute approximate surface area is 136 Å². The molecule has 1 saturated heterocycles. The summed E-state index contributed by atoms with van der Waals surface area (Å²) in [5, 5.41) is 8.67. The van der Waals surface area contributed by atoms with E-state index in [1.165, 1.54) is 16.8 Å². The van der Waals surface area contributed by atoms with E-state index in [9.17, 15) is 14.6 Å². The Balaban J connectivity index is 1.90. The number of nitrogens with zero attached hydrogens (tertiary/aromatic N) is 2. The lowest BCUT2D eigenvalue weighted by atomic mass is 10.2. The molecule has 1 aromatic heterocycles. The molecular weight excluding hydrogens is 372 g/mol. The van der Waals surface area contributed by atoms with Crippen LogP contribution in [-0.2, 0) is 13.6 Å². The Hall–Kier alpha value is -0.820. The molecule has 0 aromatic carbocycles. The average molecular weight is 389 g/mol. The zero-order valence-electron chi connectivity index (χ0n) is 12.0. The van der Waals surface area contributed by atoms with E-state index >= 15 is 0 Å². The van der Waals surface area contributed by atoms with Crippen LogP contribution < -0.4 is 11.2 Å². The van der Waals surface area contributed by atoms with Gasteiger partial charge in [0.1, 0.15) is 12.8 Å². The van der Waals surface area contributed by atoms with Gasteiger partial charge in [-0.15, -0.1) is 4.52 Å². The predicted octanol–water partition coefficient (Wildman–Crippen LogP) is -0.928. The molecule has 0 spiro atoms. The highest BCUT2D eigenvalue weighted by molar-refractivity contribution is 7.67. The van der Waals surface area contributed by atoms with Crippen molar-refractivity contribution < 1.29 is 43.2 Å². The second-order valence-corrected chi connectivity index (χ2v) is 7.70. The fraction of sp³-hybridized carbons (Fsp3) is 0.556. The minimum absolute atomic E-state index is 0.0229. The summed E-state index contributed by atoms with van der Waals surface area (Å²) in [5.41, 5.74) is 1.08. The van der Waals surface area contributed by atoms with Gasteiger partial charge in [-0.25, -0.2) is 4.79 Å². The van der Waals surface area contributed by atoms with E-state index in [-0.39, 0.29) is 12.4 Å². The molecule has 0 bridgehead atoms. The van der Waals surface area contributed by atoms with Crippen LogP contribution in [0.25, 0.3) is 0 Å². The summed E-state index contributed by atoms with van der Waals surface area (Å²) in [6.45, 7) is -0.379. The molecule has 15 heteroatoms. The monoisotopic (exact) mass is 389 g/mol. The smallest absolute Gasteiger partial charge is 0.352 e. The van der Waals surface area contributed by atoms with Gasteiger partial charge in [-0.05, 0) is 18.9 Å². The lowest BCUT2D eigenvalue weighted by Crippen LogP contribution is -2.28. The first-order valence-corrected chi connectivity index (χ1v) is 9.61. The summed E-state index contributed by atoms with van der Waals surface area (Å²) < 4.78 is 15.2. The van der Waals surface area contributed by atoms with Crippen molar-refractivity contribution in [3.05, 3.63) is 22.7 Å². The van der Waals surface area contributed by atoms with E-state index in [4.69, 9.17) is 24.6 Å². The number of hydrogen-bond donors (Lipinski definition) is 7. The highest BCUT2D eigenvalue weighted by atomic mass is 31.3. The second-order valence-electron chi connectivity index (χ2n) is 4.79. The maximum absolute atomic E-state index is 11.8. The predicted molar refractivity (Wildman–Crippen MR) is 79.0 cm³/mol. The van der Waals surface area contributed by atoms with Crippen molar-refractivity contribution in [1.29, 1.82) is 0 Å². The molecule has 0 radical (unpaired) electrons. The van der Waals surface area contributed by atoms with Crippen LogP contribution in [-0.4, -0.2) is 51.9 Å². The SMILES string of the molecule is O=c1nc(NO)ccn1C1CCC(CO[P+](O)(O)O[P+](O)(O)O)O1. The first kappa shape index (κ1) is 19.5. The largest absolute Gasteiger partial charge is 0.620 e. The molecule has 13 nitrogen and oxygen atoms in total. The van der Waals surface area contributed by atoms with E-state index in [1.54, 1.807) is 5.48 Å². The number of rotatable bonds is 7. The van der Waals surface area contributed by atoms with Crippen molar-refractivity contribution in [3.63, 3.8) is 0 Å². The molecule has 1 fully saturated rings. The molecule has 2 atom stereocenters. The highest BCUT2D eigenvalue weighted by Gasteiger charge is 2.58. The first-order valence-electron chi connectivity index (χ1n) is 6.52. The van der Waals surface area contributed by atoms with Gasteiger partial charge in [0, 0.05) is 6.20 Å². The summed E-state index contributed by atoms with van der Waals surface area (Å²) in [5.74, 6) is -0.0229. The summed E-state index contributed by atoms with van der Waals surface area (Å²) in [4.78, 5) is 59.9. The fourth-order valence-electron chi connectivity index (χ4n) is 2.05.